The molecule has 0 aliphatic carbocycles. The largest absolute Gasteiger partial charge is 0.496 e. The summed E-state index contributed by atoms with van der Waals surface area (Å²) in [5, 5.41) is 9.08. The van der Waals surface area contributed by atoms with Crippen molar-refractivity contribution in [1.82, 2.24) is 19.7 Å². The molecule has 1 fully saturated rings. The Hall–Kier alpha value is -3.17. The third-order valence-corrected chi connectivity index (χ3v) is 7.93. The van der Waals surface area contributed by atoms with Gasteiger partial charge in [-0.3, -0.25) is 9.58 Å². The van der Waals surface area contributed by atoms with E-state index in [1.54, 1.807) is 7.11 Å². The van der Waals surface area contributed by atoms with E-state index < -0.39 is 11.6 Å². The van der Waals surface area contributed by atoms with Gasteiger partial charge in [0, 0.05) is 61.6 Å². The Morgan fingerprint density at radius 2 is 2.00 bits per heavy atom. The number of nitrogens with zero attached hydrogens (tertiary/aromatic N) is 4. The minimum absolute atomic E-state index is 0.116. The van der Waals surface area contributed by atoms with Crippen LogP contribution in [0.2, 0.25) is 0 Å². The van der Waals surface area contributed by atoms with Crippen LogP contribution in [-0.4, -0.2) is 70.7 Å². The number of pyridine rings is 1. The summed E-state index contributed by atoms with van der Waals surface area (Å²) in [7, 11) is 3.67. The number of esters is 1. The molecule has 0 saturated carbocycles. The second-order valence-electron chi connectivity index (χ2n) is 12.3. The lowest BCUT2D eigenvalue weighted by Gasteiger charge is -2.43. The number of aryl methyl sites for hydroxylation is 3. The molecular weight excluding hydrogens is 518 g/mol. The Labute approximate surface area is 243 Å². The molecule has 1 aromatic carbocycles. The van der Waals surface area contributed by atoms with Crippen LogP contribution >= 0.6 is 0 Å². The Bertz CT molecular complexity index is 1360. The van der Waals surface area contributed by atoms with Crippen molar-refractivity contribution in [3.63, 3.8) is 0 Å². The highest BCUT2D eigenvalue weighted by molar-refractivity contribution is 5.90. The third-order valence-electron chi connectivity index (χ3n) is 7.93. The predicted octanol–water partition coefficient (Wildman–Crippen LogP) is 5.14. The van der Waals surface area contributed by atoms with Crippen molar-refractivity contribution < 1.29 is 19.0 Å². The highest BCUT2D eigenvalue weighted by Crippen LogP contribution is 2.35. The monoisotopic (exact) mass is 563 g/mol. The van der Waals surface area contributed by atoms with Gasteiger partial charge in [-0.2, -0.15) is 5.10 Å². The first kappa shape index (κ1) is 29.3. The number of aromatic nitrogens is 3. The zero-order valence-electron chi connectivity index (χ0n) is 25.5. The maximum Gasteiger partial charge on any atom is 0.328 e. The molecule has 0 spiro atoms. The van der Waals surface area contributed by atoms with Gasteiger partial charge < -0.3 is 19.5 Å². The van der Waals surface area contributed by atoms with Crippen molar-refractivity contribution >= 4 is 22.7 Å². The standard InChI is InChI=1S/C32H45N5O4/c1-21-24-13-10-14-26(28(24)36(5)35-21)29(31(38)41-32(2,3)4)37-19-23(20-37)40-17-9-7-8-12-22-18-27(39-6)25-15-11-16-33-30(25)34-22/h10,13-14,18,23,29H,7-9,11-12,15-17,19-20H2,1-6H3,(H,33,34). The van der Waals surface area contributed by atoms with Gasteiger partial charge in [0.15, 0.2) is 0 Å². The molecule has 0 amide bonds. The molecule has 9 nitrogen and oxygen atoms in total. The van der Waals surface area contributed by atoms with Crippen LogP contribution in [0.25, 0.3) is 10.9 Å². The quantitative estimate of drug-likeness (QED) is 0.253. The smallest absolute Gasteiger partial charge is 0.328 e. The van der Waals surface area contributed by atoms with Crippen molar-refractivity contribution in [2.24, 2.45) is 7.05 Å². The minimum Gasteiger partial charge on any atom is -0.496 e. The Morgan fingerprint density at radius 1 is 1.20 bits per heavy atom. The second-order valence-corrected chi connectivity index (χ2v) is 12.3. The first-order valence-electron chi connectivity index (χ1n) is 15.0. The number of nitrogens with one attached hydrogen (secondary N) is 1. The molecular formula is C32H45N5O4. The number of hydrogen-bond acceptors (Lipinski definition) is 8. The van der Waals surface area contributed by atoms with E-state index in [0.717, 1.165) is 84.5 Å². The van der Waals surface area contributed by atoms with Gasteiger partial charge in [0.25, 0.3) is 0 Å². The van der Waals surface area contributed by atoms with E-state index in [1.165, 1.54) is 5.56 Å². The number of hydrogen-bond donors (Lipinski definition) is 1. The molecule has 1 saturated heterocycles. The van der Waals surface area contributed by atoms with Crippen LogP contribution in [0.5, 0.6) is 5.75 Å². The van der Waals surface area contributed by atoms with E-state index in [2.05, 4.69) is 27.4 Å². The fraction of sp³-hybridized carbons (Fsp3) is 0.594. The normalized spacial score (nSPS) is 16.6. The van der Waals surface area contributed by atoms with E-state index in [9.17, 15) is 4.79 Å². The minimum atomic E-state index is -0.567. The Morgan fingerprint density at radius 3 is 2.76 bits per heavy atom. The number of rotatable bonds is 11. The summed E-state index contributed by atoms with van der Waals surface area (Å²) < 4.78 is 19.6. The van der Waals surface area contributed by atoms with Gasteiger partial charge in [-0.25, -0.2) is 9.78 Å². The maximum atomic E-state index is 13.5. The average Bonchev–Trinajstić information content (AvgIpc) is 3.20. The molecule has 9 heteroatoms. The van der Waals surface area contributed by atoms with Crippen LogP contribution in [0, 0.1) is 6.92 Å². The van der Waals surface area contributed by atoms with Gasteiger partial charge in [0.05, 0.1) is 24.4 Å². The van der Waals surface area contributed by atoms with Crippen LogP contribution < -0.4 is 10.1 Å². The number of benzene rings is 1. The number of carbonyl (C=O) groups excluding carboxylic acids is 1. The second kappa shape index (κ2) is 12.4. The van der Waals surface area contributed by atoms with Crippen molar-refractivity contribution in [2.45, 2.75) is 84.0 Å². The molecule has 5 rings (SSSR count). The Kier molecular flexibility index (Phi) is 8.85. The maximum absolute atomic E-state index is 13.5. The molecule has 2 aromatic heterocycles. The van der Waals surface area contributed by atoms with Crippen LogP contribution in [0.4, 0.5) is 5.82 Å². The molecule has 0 bridgehead atoms. The predicted molar refractivity (Wildman–Crippen MR) is 161 cm³/mol. The fourth-order valence-corrected chi connectivity index (χ4v) is 5.98. The summed E-state index contributed by atoms with van der Waals surface area (Å²) in [4.78, 5) is 20.5. The Balaban J connectivity index is 1.13. The molecule has 2 aliphatic rings. The number of carbonyl (C=O) groups is 1. The number of para-hydroxylation sites is 1. The van der Waals surface area contributed by atoms with Crippen molar-refractivity contribution in [3.8, 4) is 5.75 Å². The molecule has 2 aliphatic heterocycles. The molecule has 3 aromatic rings. The van der Waals surface area contributed by atoms with Gasteiger partial charge in [0.1, 0.15) is 23.2 Å². The molecule has 4 heterocycles. The summed E-state index contributed by atoms with van der Waals surface area (Å²) in [6, 6.07) is 7.69. The SMILES string of the molecule is COc1cc(CCCCCOC2CN(C(C(=O)OC(C)(C)C)c3cccc4c(C)nn(C)c34)C2)nc2c1CCCN2. The van der Waals surface area contributed by atoms with Crippen LogP contribution in [-0.2, 0) is 34.2 Å². The number of unbranched alkanes of at least 4 members (excludes halogenated alkanes) is 2. The molecule has 222 valence electrons. The number of fused-ring (bicyclic) bond motifs is 2. The number of methoxy groups -OCH3 is 1. The zero-order valence-corrected chi connectivity index (χ0v) is 25.5. The first-order chi connectivity index (χ1) is 19.6. The van der Waals surface area contributed by atoms with Crippen LogP contribution in [0.3, 0.4) is 0 Å². The van der Waals surface area contributed by atoms with Crippen LogP contribution in [0.15, 0.2) is 24.3 Å². The number of anilines is 1. The van der Waals surface area contributed by atoms with Gasteiger partial charge in [-0.1, -0.05) is 24.6 Å². The van der Waals surface area contributed by atoms with E-state index >= 15 is 0 Å². The van der Waals surface area contributed by atoms with Crippen LogP contribution in [0.1, 0.15) is 75.0 Å². The van der Waals surface area contributed by atoms with E-state index in [4.69, 9.17) is 19.2 Å². The van der Waals surface area contributed by atoms with E-state index in [0.29, 0.717) is 19.7 Å². The lowest BCUT2D eigenvalue weighted by atomic mass is 9.97. The van der Waals surface area contributed by atoms with Crippen molar-refractivity contribution in [2.75, 3.05) is 38.7 Å². The fourth-order valence-electron chi connectivity index (χ4n) is 5.98. The summed E-state index contributed by atoms with van der Waals surface area (Å²) in [5.74, 6) is 1.71. The highest BCUT2D eigenvalue weighted by Gasteiger charge is 2.41. The van der Waals surface area contributed by atoms with Crippen molar-refractivity contribution in [1.29, 1.82) is 0 Å². The molecule has 1 unspecified atom stereocenters. The molecule has 1 N–H and O–H groups in total. The van der Waals surface area contributed by atoms with E-state index in [1.807, 2.05) is 51.6 Å². The topological polar surface area (TPSA) is 90.7 Å². The summed E-state index contributed by atoms with van der Waals surface area (Å²) in [6.07, 6.45) is 6.32. The number of ether oxygens (including phenoxy) is 3. The van der Waals surface area contributed by atoms with Crippen molar-refractivity contribution in [3.05, 3.63) is 46.8 Å². The lowest BCUT2D eigenvalue weighted by Crippen LogP contribution is -2.55. The molecule has 1 atom stereocenters. The highest BCUT2D eigenvalue weighted by atomic mass is 16.6. The van der Waals surface area contributed by atoms with Gasteiger partial charge in [0.2, 0.25) is 0 Å². The average molecular weight is 564 g/mol. The van der Waals surface area contributed by atoms with Gasteiger partial charge in [-0.15, -0.1) is 0 Å². The summed E-state index contributed by atoms with van der Waals surface area (Å²) >= 11 is 0. The number of likely N-dealkylation sites (tertiary alicyclic amines) is 1. The first-order valence-corrected chi connectivity index (χ1v) is 15.0. The zero-order chi connectivity index (χ0) is 29.1. The van der Waals surface area contributed by atoms with Gasteiger partial charge in [-0.05, 0) is 59.8 Å². The summed E-state index contributed by atoms with van der Waals surface area (Å²) in [6.45, 7) is 10.8. The third kappa shape index (κ3) is 6.67. The molecule has 0 radical (unpaired) electrons. The summed E-state index contributed by atoms with van der Waals surface area (Å²) in [5.41, 5.74) is 4.58. The molecule has 41 heavy (non-hydrogen) atoms. The lowest BCUT2D eigenvalue weighted by molar-refractivity contribution is -0.168. The van der Waals surface area contributed by atoms with Gasteiger partial charge >= 0.3 is 5.97 Å². The van der Waals surface area contributed by atoms with E-state index in [-0.39, 0.29) is 12.1 Å².